The number of hydrogen-bond donors (Lipinski definition) is 0. The van der Waals surface area contributed by atoms with Gasteiger partial charge in [0, 0.05) is 11.4 Å². The molecule has 0 saturated heterocycles. The van der Waals surface area contributed by atoms with Gasteiger partial charge in [0.15, 0.2) is 0 Å². The molecule has 0 radical (unpaired) electrons. The Bertz CT molecular complexity index is 1060. The molecule has 1 unspecified atom stereocenters. The minimum Gasteiger partial charge on any atom is -0.267 e. The second-order valence-electron chi connectivity index (χ2n) is 6.78. The lowest BCUT2D eigenvalue weighted by atomic mass is 9.97. The van der Waals surface area contributed by atoms with E-state index in [1.807, 2.05) is 49.4 Å². The Labute approximate surface area is 168 Å². The van der Waals surface area contributed by atoms with Crippen molar-refractivity contribution in [1.29, 1.82) is 0 Å². The van der Waals surface area contributed by atoms with Gasteiger partial charge < -0.3 is 0 Å². The van der Waals surface area contributed by atoms with Gasteiger partial charge in [0.05, 0.1) is 17.3 Å². The molecule has 5 heteroatoms. The van der Waals surface area contributed by atoms with Crippen LogP contribution in [0.15, 0.2) is 77.9 Å². The smallest absolute Gasteiger partial charge is 0.267 e. The molecule has 0 saturated carbocycles. The summed E-state index contributed by atoms with van der Waals surface area (Å²) in [7, 11) is 0. The average molecular weight is 393 g/mol. The summed E-state index contributed by atoms with van der Waals surface area (Å²) < 4.78 is 14.2. The first-order valence-corrected chi connectivity index (χ1v) is 9.39. The molecule has 0 spiro atoms. The number of aryl methyl sites for hydroxylation is 1. The first-order valence-electron chi connectivity index (χ1n) is 9.01. The quantitative estimate of drug-likeness (QED) is 0.556. The molecule has 0 N–H and O–H groups in total. The van der Waals surface area contributed by atoms with Crippen molar-refractivity contribution in [2.24, 2.45) is 5.10 Å². The van der Waals surface area contributed by atoms with Gasteiger partial charge in [0.2, 0.25) is 0 Å². The highest BCUT2D eigenvalue weighted by Crippen LogP contribution is 2.37. The molecule has 28 heavy (non-hydrogen) atoms. The summed E-state index contributed by atoms with van der Waals surface area (Å²) in [6, 6.07) is 20.9. The zero-order valence-corrected chi connectivity index (χ0v) is 16.0. The molecule has 0 bridgehead atoms. The molecule has 0 fully saturated rings. The highest BCUT2D eigenvalue weighted by Gasteiger charge is 2.35. The summed E-state index contributed by atoms with van der Waals surface area (Å²) in [5.74, 6) is -1.05. The number of hydrogen-bond acceptors (Lipinski definition) is 2. The second-order valence-corrected chi connectivity index (χ2v) is 7.19. The molecule has 3 nitrogen and oxygen atoms in total. The van der Waals surface area contributed by atoms with Crippen LogP contribution in [0, 0.1) is 12.7 Å². The fraction of sp³-hybridized carbons (Fsp3) is 0.130. The van der Waals surface area contributed by atoms with E-state index in [2.05, 4.69) is 5.10 Å². The van der Waals surface area contributed by atoms with E-state index in [0.29, 0.717) is 11.4 Å². The Morgan fingerprint density at radius 1 is 1.04 bits per heavy atom. The fourth-order valence-corrected chi connectivity index (χ4v) is 3.63. The van der Waals surface area contributed by atoms with Crippen molar-refractivity contribution >= 4 is 23.2 Å². The van der Waals surface area contributed by atoms with Crippen LogP contribution < -0.4 is 0 Å². The molecule has 1 atom stereocenters. The van der Waals surface area contributed by atoms with Crippen molar-refractivity contribution in [1.82, 2.24) is 5.01 Å². The van der Waals surface area contributed by atoms with Crippen molar-refractivity contribution < 1.29 is 9.18 Å². The van der Waals surface area contributed by atoms with Crippen LogP contribution in [0.25, 0.3) is 0 Å². The van der Waals surface area contributed by atoms with Gasteiger partial charge >= 0.3 is 0 Å². The van der Waals surface area contributed by atoms with Crippen LogP contribution >= 0.6 is 11.6 Å². The first kappa shape index (κ1) is 18.4. The second kappa shape index (κ2) is 7.56. The van der Waals surface area contributed by atoms with Crippen LogP contribution in [0.2, 0.25) is 5.02 Å². The highest BCUT2D eigenvalue weighted by atomic mass is 35.5. The number of rotatable bonds is 3. The van der Waals surface area contributed by atoms with E-state index in [1.54, 1.807) is 18.2 Å². The molecule has 1 aliphatic heterocycles. The van der Waals surface area contributed by atoms with Crippen LogP contribution in [0.3, 0.4) is 0 Å². The van der Waals surface area contributed by atoms with E-state index in [-0.39, 0.29) is 5.56 Å². The molecular formula is C23H18ClFN2O. The number of hydrazone groups is 1. The zero-order valence-electron chi connectivity index (χ0n) is 15.3. The summed E-state index contributed by atoms with van der Waals surface area (Å²) in [6.45, 7) is 2.01. The molecule has 1 aliphatic rings. The maximum absolute atomic E-state index is 14.2. The summed E-state index contributed by atoms with van der Waals surface area (Å²) in [6.07, 6.45) is 0.507. The van der Waals surface area contributed by atoms with E-state index < -0.39 is 17.8 Å². The average Bonchev–Trinajstić information content (AvgIpc) is 3.14. The van der Waals surface area contributed by atoms with Crippen molar-refractivity contribution in [3.8, 4) is 0 Å². The Morgan fingerprint density at radius 2 is 1.71 bits per heavy atom. The lowest BCUT2D eigenvalue weighted by Gasteiger charge is -2.23. The van der Waals surface area contributed by atoms with Crippen molar-refractivity contribution in [2.75, 3.05) is 0 Å². The SMILES string of the molecule is Cc1ccc(C2=NN(C(=O)c3ccccc3F)C(c3ccccc3Cl)C2)cc1. The number of benzene rings is 3. The molecule has 140 valence electrons. The molecule has 3 aromatic carbocycles. The van der Waals surface area contributed by atoms with E-state index in [1.165, 1.54) is 17.1 Å². The van der Waals surface area contributed by atoms with Gasteiger partial charge in [-0.05, 0) is 36.2 Å². The van der Waals surface area contributed by atoms with Crippen molar-refractivity contribution in [2.45, 2.75) is 19.4 Å². The Morgan fingerprint density at radius 3 is 2.43 bits per heavy atom. The minimum absolute atomic E-state index is 0.00606. The van der Waals surface area contributed by atoms with Crippen LogP contribution in [0.5, 0.6) is 0 Å². The third-order valence-corrected chi connectivity index (χ3v) is 5.22. The van der Waals surface area contributed by atoms with Crippen LogP contribution in [0.4, 0.5) is 4.39 Å². The molecule has 0 aromatic heterocycles. The fourth-order valence-electron chi connectivity index (χ4n) is 3.36. The summed E-state index contributed by atoms with van der Waals surface area (Å²) in [5.41, 5.74) is 3.64. The van der Waals surface area contributed by atoms with Crippen LogP contribution in [-0.4, -0.2) is 16.6 Å². The number of amides is 1. The zero-order chi connectivity index (χ0) is 19.7. The number of halogens is 2. The lowest BCUT2D eigenvalue weighted by Crippen LogP contribution is -2.28. The van der Waals surface area contributed by atoms with E-state index >= 15 is 0 Å². The molecule has 4 rings (SSSR count). The van der Waals surface area contributed by atoms with Gasteiger partial charge in [-0.25, -0.2) is 9.40 Å². The van der Waals surface area contributed by atoms with E-state index in [9.17, 15) is 9.18 Å². The van der Waals surface area contributed by atoms with Gasteiger partial charge in [-0.3, -0.25) is 4.79 Å². The maximum atomic E-state index is 14.2. The van der Waals surface area contributed by atoms with Gasteiger partial charge in [-0.15, -0.1) is 0 Å². The summed E-state index contributed by atoms with van der Waals surface area (Å²) >= 11 is 6.40. The van der Waals surface area contributed by atoms with E-state index in [0.717, 1.165) is 22.4 Å². The predicted octanol–water partition coefficient (Wildman–Crippen LogP) is 5.78. The highest BCUT2D eigenvalue weighted by molar-refractivity contribution is 6.31. The van der Waals surface area contributed by atoms with Gasteiger partial charge in [-0.2, -0.15) is 5.10 Å². The van der Waals surface area contributed by atoms with Crippen LogP contribution in [-0.2, 0) is 0 Å². The predicted molar refractivity (Wildman–Crippen MR) is 109 cm³/mol. The lowest BCUT2D eigenvalue weighted by molar-refractivity contribution is 0.0706. The monoisotopic (exact) mass is 392 g/mol. The molecule has 3 aromatic rings. The molecule has 1 amide bonds. The molecular weight excluding hydrogens is 375 g/mol. The minimum atomic E-state index is -0.565. The van der Waals surface area contributed by atoms with Gasteiger partial charge in [0.25, 0.3) is 5.91 Å². The summed E-state index contributed by atoms with van der Waals surface area (Å²) in [5, 5.41) is 6.49. The first-order chi connectivity index (χ1) is 13.5. The Hall–Kier alpha value is -2.98. The third-order valence-electron chi connectivity index (χ3n) is 4.87. The standard InChI is InChI=1S/C23H18ClFN2O/c1-15-10-12-16(13-11-15)21-14-22(17-6-2-4-8-19(17)24)27(26-21)23(28)18-7-3-5-9-20(18)25/h2-13,22H,14H2,1H3. The van der Waals surface area contributed by atoms with E-state index in [4.69, 9.17) is 11.6 Å². The summed E-state index contributed by atoms with van der Waals surface area (Å²) in [4.78, 5) is 13.1. The number of carbonyl (C=O) groups excluding carboxylic acids is 1. The van der Waals surface area contributed by atoms with Crippen molar-refractivity contribution in [3.05, 3.63) is 106 Å². The maximum Gasteiger partial charge on any atom is 0.277 e. The number of nitrogens with zero attached hydrogens (tertiary/aromatic N) is 2. The van der Waals surface area contributed by atoms with Gasteiger partial charge in [0.1, 0.15) is 5.82 Å². The van der Waals surface area contributed by atoms with Gasteiger partial charge in [-0.1, -0.05) is 71.8 Å². The third kappa shape index (κ3) is 3.43. The normalized spacial score (nSPS) is 16.2. The topological polar surface area (TPSA) is 32.7 Å². The van der Waals surface area contributed by atoms with Crippen LogP contribution in [0.1, 0.15) is 39.5 Å². The largest absolute Gasteiger partial charge is 0.277 e. The Balaban J connectivity index is 1.77. The molecule has 0 aliphatic carbocycles. The molecule has 1 heterocycles. The van der Waals surface area contributed by atoms with Crippen molar-refractivity contribution in [3.63, 3.8) is 0 Å². The number of carbonyl (C=O) groups is 1. The Kier molecular flexibility index (Phi) is 4.97.